The summed E-state index contributed by atoms with van der Waals surface area (Å²) in [5.41, 5.74) is 5.25. The van der Waals surface area contributed by atoms with E-state index in [2.05, 4.69) is 81.5 Å². The molecule has 2 atom stereocenters. The summed E-state index contributed by atoms with van der Waals surface area (Å²) in [6, 6.07) is 18.1. The Balaban J connectivity index is 1.85. The van der Waals surface area contributed by atoms with E-state index in [1.165, 1.54) is 22.3 Å². The third kappa shape index (κ3) is 5.42. The first-order valence-corrected chi connectivity index (χ1v) is 11.2. The minimum Gasteiger partial charge on any atom is -0.435 e. The standard InChI is InChI=1S/C26H35NO3/c1-6-29-26(28)30-23-15-24(27-16-23)25(21-11-7-19(8-12-21)17(2)3)22-13-9-20(10-14-22)18(4)5/h7-14,17-18,23-25,27H,6,15-16H2,1-5H3/t23-,24-/m1/s1. The lowest BCUT2D eigenvalue weighted by atomic mass is 9.82. The van der Waals surface area contributed by atoms with Crippen molar-refractivity contribution in [1.82, 2.24) is 5.32 Å². The van der Waals surface area contributed by atoms with Gasteiger partial charge < -0.3 is 14.8 Å². The molecule has 1 N–H and O–H groups in total. The number of nitrogens with one attached hydrogen (secondary N) is 1. The monoisotopic (exact) mass is 409 g/mol. The molecule has 0 saturated carbocycles. The Bertz CT molecular complexity index is 760. The van der Waals surface area contributed by atoms with Crippen molar-refractivity contribution in [2.75, 3.05) is 13.2 Å². The van der Waals surface area contributed by atoms with Crippen LogP contribution in [0, 0.1) is 0 Å². The maximum atomic E-state index is 11.7. The van der Waals surface area contributed by atoms with E-state index in [0.29, 0.717) is 25.0 Å². The summed E-state index contributed by atoms with van der Waals surface area (Å²) in [7, 11) is 0. The highest BCUT2D eigenvalue weighted by Crippen LogP contribution is 2.34. The lowest BCUT2D eigenvalue weighted by Gasteiger charge is -2.26. The molecule has 0 bridgehead atoms. The molecule has 0 amide bonds. The van der Waals surface area contributed by atoms with Crippen molar-refractivity contribution in [1.29, 1.82) is 0 Å². The van der Waals surface area contributed by atoms with Gasteiger partial charge in [-0.15, -0.1) is 0 Å². The molecule has 1 heterocycles. The van der Waals surface area contributed by atoms with Gasteiger partial charge in [0, 0.05) is 24.9 Å². The van der Waals surface area contributed by atoms with E-state index in [4.69, 9.17) is 9.47 Å². The fourth-order valence-electron chi connectivity index (χ4n) is 4.20. The van der Waals surface area contributed by atoms with Gasteiger partial charge in [0.1, 0.15) is 6.10 Å². The fourth-order valence-corrected chi connectivity index (χ4v) is 4.20. The molecule has 0 radical (unpaired) electrons. The number of ether oxygens (including phenoxy) is 2. The van der Waals surface area contributed by atoms with Gasteiger partial charge in [-0.05, 0) is 41.0 Å². The highest BCUT2D eigenvalue weighted by atomic mass is 16.7. The Labute approximate surface area is 181 Å². The summed E-state index contributed by atoms with van der Waals surface area (Å²) in [5.74, 6) is 1.22. The highest BCUT2D eigenvalue weighted by Gasteiger charge is 2.34. The third-order valence-corrected chi connectivity index (χ3v) is 5.98. The van der Waals surface area contributed by atoms with E-state index in [1.54, 1.807) is 6.92 Å². The quantitative estimate of drug-likeness (QED) is 0.573. The van der Waals surface area contributed by atoms with Crippen molar-refractivity contribution in [2.24, 2.45) is 0 Å². The van der Waals surface area contributed by atoms with Crippen LogP contribution in [0.1, 0.15) is 81.0 Å². The maximum Gasteiger partial charge on any atom is 0.508 e. The van der Waals surface area contributed by atoms with Crippen LogP contribution in [0.4, 0.5) is 4.79 Å². The van der Waals surface area contributed by atoms with Crippen LogP contribution in [0.15, 0.2) is 48.5 Å². The zero-order valence-corrected chi connectivity index (χ0v) is 18.9. The van der Waals surface area contributed by atoms with Gasteiger partial charge in [0.05, 0.1) is 6.61 Å². The molecule has 162 valence electrons. The Hall–Kier alpha value is -2.33. The molecule has 4 heteroatoms. The van der Waals surface area contributed by atoms with Crippen molar-refractivity contribution in [3.05, 3.63) is 70.8 Å². The molecule has 1 aliphatic heterocycles. The van der Waals surface area contributed by atoms with Crippen molar-refractivity contribution in [3.63, 3.8) is 0 Å². The first-order valence-electron chi connectivity index (χ1n) is 11.2. The average molecular weight is 410 g/mol. The number of benzene rings is 2. The summed E-state index contributed by atoms with van der Waals surface area (Å²) >= 11 is 0. The van der Waals surface area contributed by atoms with Crippen molar-refractivity contribution >= 4 is 6.16 Å². The first kappa shape index (κ1) is 22.4. The van der Waals surface area contributed by atoms with E-state index < -0.39 is 6.16 Å². The predicted molar refractivity (Wildman–Crippen MR) is 121 cm³/mol. The van der Waals surface area contributed by atoms with Crippen LogP contribution < -0.4 is 5.32 Å². The number of hydrogen-bond donors (Lipinski definition) is 1. The van der Waals surface area contributed by atoms with E-state index in [-0.39, 0.29) is 18.1 Å². The molecule has 0 aliphatic carbocycles. The van der Waals surface area contributed by atoms with Crippen LogP contribution in [-0.4, -0.2) is 31.5 Å². The zero-order chi connectivity index (χ0) is 21.7. The normalized spacial score (nSPS) is 18.9. The van der Waals surface area contributed by atoms with Gasteiger partial charge in [-0.2, -0.15) is 0 Å². The first-order chi connectivity index (χ1) is 14.4. The maximum absolute atomic E-state index is 11.7. The van der Waals surface area contributed by atoms with Gasteiger partial charge in [0.15, 0.2) is 0 Å². The molecule has 1 saturated heterocycles. The average Bonchev–Trinajstić information content (AvgIpc) is 3.17. The second kappa shape index (κ2) is 10.1. The molecular weight excluding hydrogens is 374 g/mol. The van der Waals surface area contributed by atoms with Gasteiger partial charge in [0.2, 0.25) is 0 Å². The molecular formula is C26H35NO3. The van der Waals surface area contributed by atoms with Crippen LogP contribution in [0.5, 0.6) is 0 Å². The van der Waals surface area contributed by atoms with Crippen molar-refractivity contribution in [3.8, 4) is 0 Å². The number of rotatable bonds is 7. The Kier molecular flexibility index (Phi) is 7.54. The summed E-state index contributed by atoms with van der Waals surface area (Å²) in [5, 5.41) is 3.59. The van der Waals surface area contributed by atoms with Crippen LogP contribution in [-0.2, 0) is 9.47 Å². The Morgan fingerprint density at radius 2 is 1.37 bits per heavy atom. The van der Waals surface area contributed by atoms with Gasteiger partial charge in [-0.1, -0.05) is 76.2 Å². The van der Waals surface area contributed by atoms with Crippen LogP contribution in [0.3, 0.4) is 0 Å². The van der Waals surface area contributed by atoms with Gasteiger partial charge in [-0.25, -0.2) is 4.79 Å². The molecule has 3 rings (SSSR count). The number of carbonyl (C=O) groups excluding carboxylic acids is 1. The molecule has 0 unspecified atom stereocenters. The molecule has 0 spiro atoms. The van der Waals surface area contributed by atoms with Crippen molar-refractivity contribution in [2.45, 2.75) is 70.9 Å². The van der Waals surface area contributed by atoms with Gasteiger partial charge in [0.25, 0.3) is 0 Å². The largest absolute Gasteiger partial charge is 0.508 e. The van der Waals surface area contributed by atoms with Crippen LogP contribution in [0.2, 0.25) is 0 Å². The predicted octanol–water partition coefficient (Wildman–Crippen LogP) is 5.97. The summed E-state index contributed by atoms with van der Waals surface area (Å²) < 4.78 is 10.4. The third-order valence-electron chi connectivity index (χ3n) is 5.98. The summed E-state index contributed by atoms with van der Waals surface area (Å²) in [6.07, 6.45) is 0.0203. The van der Waals surface area contributed by atoms with E-state index in [1.807, 2.05) is 0 Å². The minimum absolute atomic E-state index is 0.165. The second-order valence-corrected chi connectivity index (χ2v) is 8.79. The highest BCUT2D eigenvalue weighted by molar-refractivity contribution is 5.60. The number of carbonyl (C=O) groups is 1. The molecule has 0 aromatic heterocycles. The summed E-state index contributed by atoms with van der Waals surface area (Å²) in [6.45, 7) is 11.6. The Morgan fingerprint density at radius 3 is 1.80 bits per heavy atom. The molecule has 30 heavy (non-hydrogen) atoms. The molecule has 4 nitrogen and oxygen atoms in total. The lowest BCUT2D eigenvalue weighted by Crippen LogP contribution is -2.29. The molecule has 2 aromatic carbocycles. The van der Waals surface area contributed by atoms with Gasteiger partial charge in [-0.3, -0.25) is 0 Å². The topological polar surface area (TPSA) is 47.6 Å². The van der Waals surface area contributed by atoms with E-state index in [0.717, 1.165) is 6.42 Å². The van der Waals surface area contributed by atoms with Crippen LogP contribution >= 0.6 is 0 Å². The zero-order valence-electron chi connectivity index (χ0n) is 18.9. The smallest absolute Gasteiger partial charge is 0.435 e. The molecule has 2 aromatic rings. The fraction of sp³-hybridized carbons (Fsp3) is 0.500. The minimum atomic E-state index is -0.580. The van der Waals surface area contributed by atoms with Crippen molar-refractivity contribution < 1.29 is 14.3 Å². The SMILES string of the molecule is CCOC(=O)O[C@H]1CN[C@@H](C(c2ccc(C(C)C)cc2)c2ccc(C(C)C)cc2)C1. The summed E-state index contributed by atoms with van der Waals surface area (Å²) in [4.78, 5) is 11.7. The van der Waals surface area contributed by atoms with E-state index >= 15 is 0 Å². The van der Waals surface area contributed by atoms with E-state index in [9.17, 15) is 4.79 Å². The lowest BCUT2D eigenvalue weighted by molar-refractivity contribution is 0.0318. The molecule has 1 aliphatic rings. The molecule has 1 fully saturated rings. The van der Waals surface area contributed by atoms with Crippen LogP contribution in [0.25, 0.3) is 0 Å². The van der Waals surface area contributed by atoms with Gasteiger partial charge >= 0.3 is 6.16 Å². The second-order valence-electron chi connectivity index (χ2n) is 8.79. The number of hydrogen-bond acceptors (Lipinski definition) is 4. The Morgan fingerprint density at radius 1 is 0.900 bits per heavy atom.